The van der Waals surface area contributed by atoms with Gasteiger partial charge in [0, 0.05) is 0 Å². The van der Waals surface area contributed by atoms with Crippen LogP contribution in [-0.4, -0.2) is 6.16 Å². The van der Waals surface area contributed by atoms with E-state index in [4.69, 9.17) is 0 Å². The second-order valence-corrected chi connectivity index (χ2v) is 3.26. The topological polar surface area (TPSA) is 0 Å². The number of hydrogen-bond donors (Lipinski definition) is 0. The van der Waals surface area contributed by atoms with Crippen molar-refractivity contribution in [1.82, 2.24) is 0 Å². The van der Waals surface area contributed by atoms with Crippen molar-refractivity contribution in [2.75, 3.05) is 6.16 Å². The summed E-state index contributed by atoms with van der Waals surface area (Å²) in [5, 5.41) is 0. The van der Waals surface area contributed by atoms with E-state index in [0.29, 0.717) is 6.16 Å². The van der Waals surface area contributed by atoms with Crippen LogP contribution in [0.25, 0.3) is 0 Å². The van der Waals surface area contributed by atoms with Crippen LogP contribution < -0.4 is 0 Å². The molecule has 0 radical (unpaired) electrons. The monoisotopic (exact) mass is 110 g/mol. The van der Waals surface area contributed by atoms with Crippen molar-refractivity contribution in [3.05, 3.63) is 0 Å². The van der Waals surface area contributed by atoms with Crippen LogP contribution >= 0.6 is 15.7 Å². The van der Waals surface area contributed by atoms with Crippen molar-refractivity contribution in [1.29, 1.82) is 0 Å². The first kappa shape index (κ1) is 5.66. The molecule has 0 rings (SSSR count). The third kappa shape index (κ3) is 4.66. The molecule has 3 heteroatoms. The molecule has 0 bridgehead atoms. The van der Waals surface area contributed by atoms with E-state index in [9.17, 15) is 4.20 Å². The van der Waals surface area contributed by atoms with Crippen LogP contribution in [0.2, 0.25) is 0 Å². The van der Waals surface area contributed by atoms with E-state index in [1.165, 1.54) is 0 Å². The van der Waals surface area contributed by atoms with E-state index >= 15 is 0 Å². The third-order valence-corrected chi connectivity index (χ3v) is 1.63. The maximum atomic E-state index is 11.4. The van der Waals surface area contributed by atoms with Crippen molar-refractivity contribution in [3.8, 4) is 0 Å². The Bertz CT molecular complexity index is 69.5. The van der Waals surface area contributed by atoms with Gasteiger partial charge >= 0.3 is 33.0 Å². The molecule has 0 saturated heterocycles. The first-order chi connectivity index (χ1) is 2.27. The number of halogens is 1. The molecule has 1 atom stereocenters. The van der Waals surface area contributed by atoms with Gasteiger partial charge in [-0.3, -0.25) is 0 Å². The first-order valence-electron chi connectivity index (χ1n) is 1.39. The molecule has 30 valence electrons. The fourth-order valence-corrected chi connectivity index (χ4v) is 0. The van der Waals surface area contributed by atoms with Crippen LogP contribution in [0.5, 0.6) is 0 Å². The molecule has 0 aliphatic carbocycles. The van der Waals surface area contributed by atoms with Gasteiger partial charge in [0.15, 0.2) is 0 Å². The molecule has 0 aliphatic heterocycles. The van der Waals surface area contributed by atoms with Crippen LogP contribution in [0.4, 0.5) is 4.20 Å². The first-order valence-corrected chi connectivity index (χ1v) is 3.96. The number of hydrogen-bond acceptors (Lipinski definition) is 0. The minimum atomic E-state index is -1.40. The fraction of sp³-hybridized carbons (Fsp3) is 1.00. The van der Waals surface area contributed by atoms with Gasteiger partial charge < -0.3 is 0 Å². The Kier molecular flexibility index (Phi) is 3.25. The summed E-state index contributed by atoms with van der Waals surface area (Å²) in [5.41, 5.74) is 0. The Morgan fingerprint density at radius 2 is 2.20 bits per heavy atom. The summed E-state index contributed by atoms with van der Waals surface area (Å²) < 4.78 is 11.4. The summed E-state index contributed by atoms with van der Waals surface area (Å²) >= 11 is 0. The van der Waals surface area contributed by atoms with Gasteiger partial charge in [0.2, 0.25) is 0 Å². The second-order valence-electron chi connectivity index (χ2n) is 0.653. The van der Waals surface area contributed by atoms with Crippen LogP contribution in [0.3, 0.4) is 0 Å². The van der Waals surface area contributed by atoms with E-state index in [-0.39, 0.29) is 0 Å². The van der Waals surface area contributed by atoms with Gasteiger partial charge in [-0.15, -0.1) is 0 Å². The van der Waals surface area contributed by atoms with Gasteiger partial charge in [0.25, 0.3) is 0 Å². The quantitative estimate of drug-likeness (QED) is 0.420. The van der Waals surface area contributed by atoms with Crippen molar-refractivity contribution in [2.45, 2.75) is 6.92 Å². The van der Waals surface area contributed by atoms with Gasteiger partial charge in [-0.1, -0.05) is 0 Å². The molecule has 0 fully saturated rings. The Morgan fingerprint density at radius 1 is 2.00 bits per heavy atom. The summed E-state index contributed by atoms with van der Waals surface area (Å²) in [6, 6.07) is 0. The van der Waals surface area contributed by atoms with Gasteiger partial charge in [0.1, 0.15) is 0 Å². The predicted octanol–water partition coefficient (Wildman–Crippen LogP) is 2.70. The van der Waals surface area contributed by atoms with Crippen molar-refractivity contribution < 1.29 is 4.20 Å². The molecule has 0 saturated carbocycles. The van der Waals surface area contributed by atoms with Crippen molar-refractivity contribution in [2.24, 2.45) is 0 Å². The van der Waals surface area contributed by atoms with Crippen LogP contribution in [0.1, 0.15) is 6.92 Å². The van der Waals surface area contributed by atoms with Crippen molar-refractivity contribution in [3.63, 3.8) is 0 Å². The van der Waals surface area contributed by atoms with E-state index in [1.807, 2.05) is 0 Å². The normalized spacial score (nSPS) is 11.0. The average Bonchev–Trinajstić information content (AvgIpc) is 1.38. The molecule has 0 spiro atoms. The Morgan fingerprint density at radius 3 is 2.20 bits per heavy atom. The Balaban J connectivity index is 2.97. The molecule has 0 heterocycles. The van der Waals surface area contributed by atoms with E-state index in [1.54, 1.807) is 6.92 Å². The number of rotatable bonds is 0. The Labute approximate surface area is 33.9 Å². The molecule has 1 unspecified atom stereocenters. The molecule has 0 aromatic rings. The van der Waals surface area contributed by atoms with Crippen molar-refractivity contribution >= 4 is 15.7 Å². The van der Waals surface area contributed by atoms with Gasteiger partial charge in [-0.25, -0.2) is 0 Å². The zero-order valence-corrected chi connectivity index (χ0v) is 4.77. The molecule has 0 N–H and O–H groups in total. The Hall–Kier alpha value is 0.660. The molecule has 0 nitrogen and oxygen atoms in total. The fourth-order valence-electron chi connectivity index (χ4n) is 0. The molecule has 5 heavy (non-hydrogen) atoms. The molecule has 0 aromatic heterocycles. The van der Waals surface area contributed by atoms with Gasteiger partial charge in [0.05, 0.1) is 0 Å². The summed E-state index contributed by atoms with van der Waals surface area (Å²) in [5.74, 6) is 0. The standard InChI is InChI=1S/C2H5FP2/c1-2-5(3)4/h2H2,1H3. The van der Waals surface area contributed by atoms with E-state index in [0.717, 1.165) is 0 Å². The molecular weight excluding hydrogens is 105 g/mol. The zero-order valence-electron chi connectivity index (χ0n) is 2.98. The average molecular weight is 110 g/mol. The van der Waals surface area contributed by atoms with E-state index < -0.39 is 7.33 Å². The van der Waals surface area contributed by atoms with Crippen LogP contribution in [-0.2, 0) is 0 Å². The summed E-state index contributed by atoms with van der Waals surface area (Å²) in [7, 11) is 2.09. The summed E-state index contributed by atoms with van der Waals surface area (Å²) in [6.07, 6.45) is 0.568. The zero-order chi connectivity index (χ0) is 4.28. The SMILES string of the molecule is CCP(F)#P. The van der Waals surface area contributed by atoms with Gasteiger partial charge in [-0.2, -0.15) is 0 Å². The van der Waals surface area contributed by atoms with Gasteiger partial charge in [-0.05, 0) is 0 Å². The third-order valence-electron chi connectivity index (χ3n) is 0.261. The molecule has 0 amide bonds. The molecule has 0 aliphatic rings. The summed E-state index contributed by atoms with van der Waals surface area (Å²) in [4.78, 5) is 0. The minimum absolute atomic E-state index is 0.568. The summed E-state index contributed by atoms with van der Waals surface area (Å²) in [6.45, 7) is 1.78. The van der Waals surface area contributed by atoms with Crippen LogP contribution in [0.15, 0.2) is 0 Å². The second kappa shape index (κ2) is 2.87. The van der Waals surface area contributed by atoms with E-state index in [2.05, 4.69) is 8.34 Å². The molecular formula is C2H5FP2. The molecule has 0 aromatic carbocycles. The maximum absolute atomic E-state index is 11.4. The predicted molar refractivity (Wildman–Crippen MR) is 25.5 cm³/mol. The van der Waals surface area contributed by atoms with Crippen LogP contribution in [0, 0.1) is 0 Å².